The number of nitrogens with one attached hydrogen (secondary N) is 1. The van der Waals surface area contributed by atoms with Crippen LogP contribution in [0.4, 0.5) is 11.6 Å². The van der Waals surface area contributed by atoms with Crippen molar-refractivity contribution in [3.63, 3.8) is 0 Å². The third-order valence-electron chi connectivity index (χ3n) is 5.30. The lowest BCUT2D eigenvalue weighted by molar-refractivity contribution is -0.140. The summed E-state index contributed by atoms with van der Waals surface area (Å²) in [5.74, 6) is 0.353. The van der Waals surface area contributed by atoms with Gasteiger partial charge in [-0.3, -0.25) is 4.57 Å². The quantitative estimate of drug-likeness (QED) is 0.499. The van der Waals surface area contributed by atoms with Gasteiger partial charge in [0.05, 0.1) is 29.3 Å². The number of allylic oxidation sites excluding steroid dienone is 1. The first-order chi connectivity index (χ1) is 14.5. The summed E-state index contributed by atoms with van der Waals surface area (Å²) in [4.78, 5) is 19.9. The van der Waals surface area contributed by atoms with Crippen LogP contribution in [0, 0.1) is 0 Å². The molecule has 0 amide bonds. The molecule has 30 heavy (non-hydrogen) atoms. The van der Waals surface area contributed by atoms with Gasteiger partial charge in [-0.15, -0.1) is 0 Å². The SMILES string of the molecule is COCCOC(=O)C1=C(C)Nc2nc3ccccc3n2[C@@H]1c1ccc(N(C)C)cc1. The van der Waals surface area contributed by atoms with Crippen LogP contribution in [0.3, 0.4) is 0 Å². The van der Waals surface area contributed by atoms with Gasteiger partial charge in [0.1, 0.15) is 6.61 Å². The van der Waals surface area contributed by atoms with Crippen LogP contribution in [-0.4, -0.2) is 49.9 Å². The number of fused-ring (bicyclic) bond motifs is 3. The Morgan fingerprint density at radius 1 is 1.13 bits per heavy atom. The van der Waals surface area contributed by atoms with Gasteiger partial charge < -0.3 is 19.7 Å². The number of nitrogens with zero attached hydrogens (tertiary/aromatic N) is 3. The van der Waals surface area contributed by atoms with Crippen molar-refractivity contribution in [2.24, 2.45) is 0 Å². The summed E-state index contributed by atoms with van der Waals surface area (Å²) in [7, 11) is 5.59. The Bertz CT molecular complexity index is 1100. The van der Waals surface area contributed by atoms with E-state index in [4.69, 9.17) is 14.5 Å². The number of anilines is 2. The van der Waals surface area contributed by atoms with E-state index in [1.807, 2.05) is 50.2 Å². The summed E-state index contributed by atoms with van der Waals surface area (Å²) in [6.45, 7) is 2.44. The van der Waals surface area contributed by atoms with Crippen LogP contribution in [0.25, 0.3) is 11.0 Å². The van der Waals surface area contributed by atoms with Gasteiger partial charge in [-0.2, -0.15) is 0 Å². The van der Waals surface area contributed by atoms with Gasteiger partial charge in [0.15, 0.2) is 0 Å². The Balaban J connectivity index is 1.85. The maximum Gasteiger partial charge on any atom is 0.338 e. The summed E-state index contributed by atoms with van der Waals surface area (Å²) >= 11 is 0. The molecule has 1 aliphatic rings. The first-order valence-corrected chi connectivity index (χ1v) is 9.89. The van der Waals surface area contributed by atoms with Gasteiger partial charge in [-0.25, -0.2) is 9.78 Å². The molecule has 1 aliphatic heterocycles. The zero-order valence-electron chi connectivity index (χ0n) is 17.7. The molecule has 4 rings (SSSR count). The molecule has 0 unspecified atom stereocenters. The molecular formula is C23H26N4O3. The molecule has 7 nitrogen and oxygen atoms in total. The fourth-order valence-electron chi connectivity index (χ4n) is 3.79. The Labute approximate surface area is 175 Å². The highest BCUT2D eigenvalue weighted by atomic mass is 16.6. The standard InChI is InChI=1S/C23H26N4O3/c1-15-20(22(28)30-14-13-29-4)21(16-9-11-17(12-10-16)26(2)3)27-19-8-6-5-7-18(19)25-23(27)24-15/h5-12,21H,13-14H2,1-4H3,(H,24,25)/t21-/m1/s1. The normalized spacial score (nSPS) is 15.7. The minimum absolute atomic E-state index is 0.204. The molecule has 1 N–H and O–H groups in total. The molecule has 7 heteroatoms. The highest BCUT2D eigenvalue weighted by molar-refractivity contribution is 5.94. The lowest BCUT2D eigenvalue weighted by Crippen LogP contribution is -2.29. The number of hydrogen-bond acceptors (Lipinski definition) is 6. The summed E-state index contributed by atoms with van der Waals surface area (Å²) < 4.78 is 12.6. The van der Waals surface area contributed by atoms with Crippen LogP contribution < -0.4 is 10.2 Å². The number of carbonyl (C=O) groups is 1. The first-order valence-electron chi connectivity index (χ1n) is 9.89. The zero-order chi connectivity index (χ0) is 21.3. The van der Waals surface area contributed by atoms with Crippen molar-refractivity contribution in [1.82, 2.24) is 9.55 Å². The molecule has 0 saturated carbocycles. The molecule has 2 heterocycles. The van der Waals surface area contributed by atoms with Crippen LogP contribution in [0.2, 0.25) is 0 Å². The predicted octanol–water partition coefficient (Wildman–Crippen LogP) is 3.58. The van der Waals surface area contributed by atoms with Gasteiger partial charge in [-0.05, 0) is 36.8 Å². The second-order valence-electron chi connectivity index (χ2n) is 7.48. The molecule has 0 saturated heterocycles. The summed E-state index contributed by atoms with van der Waals surface area (Å²) in [6.07, 6.45) is 0. The van der Waals surface area contributed by atoms with Gasteiger partial charge in [0, 0.05) is 32.6 Å². The third kappa shape index (κ3) is 3.52. The molecule has 0 fully saturated rings. The maximum atomic E-state index is 13.1. The largest absolute Gasteiger partial charge is 0.460 e. The van der Waals surface area contributed by atoms with Crippen molar-refractivity contribution in [2.75, 3.05) is 44.6 Å². The van der Waals surface area contributed by atoms with E-state index in [0.29, 0.717) is 18.1 Å². The number of benzene rings is 2. The van der Waals surface area contributed by atoms with E-state index in [2.05, 4.69) is 34.1 Å². The monoisotopic (exact) mass is 406 g/mol. The van der Waals surface area contributed by atoms with Crippen LogP contribution in [-0.2, 0) is 14.3 Å². The fourth-order valence-corrected chi connectivity index (χ4v) is 3.79. The Hall–Kier alpha value is -3.32. The predicted molar refractivity (Wildman–Crippen MR) is 118 cm³/mol. The first kappa shape index (κ1) is 20.0. The number of rotatable bonds is 6. The van der Waals surface area contributed by atoms with Gasteiger partial charge >= 0.3 is 5.97 Å². The van der Waals surface area contributed by atoms with Crippen molar-refractivity contribution in [3.05, 3.63) is 65.4 Å². The lowest BCUT2D eigenvalue weighted by Gasteiger charge is -2.30. The molecule has 0 spiro atoms. The van der Waals surface area contributed by atoms with Gasteiger partial charge in [0.25, 0.3) is 0 Å². The van der Waals surface area contributed by atoms with E-state index in [-0.39, 0.29) is 18.6 Å². The molecule has 3 aromatic rings. The van der Waals surface area contributed by atoms with Crippen LogP contribution in [0.5, 0.6) is 0 Å². The molecule has 0 bridgehead atoms. The Kier molecular flexibility index (Phi) is 5.46. The van der Waals surface area contributed by atoms with Crippen molar-refractivity contribution in [2.45, 2.75) is 13.0 Å². The van der Waals surface area contributed by atoms with E-state index in [1.165, 1.54) is 0 Å². The van der Waals surface area contributed by atoms with Crippen molar-refractivity contribution in [3.8, 4) is 0 Å². The second kappa shape index (κ2) is 8.20. The highest BCUT2D eigenvalue weighted by Crippen LogP contribution is 2.39. The number of carbonyl (C=O) groups excluding carboxylic acids is 1. The summed E-state index contributed by atoms with van der Waals surface area (Å²) in [5.41, 5.74) is 5.22. The van der Waals surface area contributed by atoms with Crippen LogP contribution in [0.15, 0.2) is 59.8 Å². The number of para-hydroxylation sites is 2. The van der Waals surface area contributed by atoms with Crippen LogP contribution >= 0.6 is 0 Å². The van der Waals surface area contributed by atoms with E-state index in [1.54, 1.807) is 7.11 Å². The average Bonchev–Trinajstić information content (AvgIpc) is 3.10. The van der Waals surface area contributed by atoms with E-state index in [9.17, 15) is 4.79 Å². The summed E-state index contributed by atoms with van der Waals surface area (Å²) in [6, 6.07) is 15.8. The van der Waals surface area contributed by atoms with Crippen molar-refractivity contribution < 1.29 is 14.3 Å². The maximum absolute atomic E-state index is 13.1. The molecular weight excluding hydrogens is 380 g/mol. The third-order valence-corrected chi connectivity index (χ3v) is 5.30. The van der Waals surface area contributed by atoms with Crippen molar-refractivity contribution >= 4 is 28.6 Å². The smallest absolute Gasteiger partial charge is 0.338 e. The molecule has 0 aliphatic carbocycles. The number of esters is 1. The number of imidazole rings is 1. The number of hydrogen-bond donors (Lipinski definition) is 1. The van der Waals surface area contributed by atoms with Gasteiger partial charge in [-0.1, -0.05) is 24.3 Å². The second-order valence-corrected chi connectivity index (χ2v) is 7.48. The average molecular weight is 406 g/mol. The number of aromatic nitrogens is 2. The molecule has 0 radical (unpaired) electrons. The fraction of sp³-hybridized carbons (Fsp3) is 0.304. The summed E-state index contributed by atoms with van der Waals surface area (Å²) in [5, 5.41) is 3.29. The number of methoxy groups -OCH3 is 1. The van der Waals surface area contributed by atoms with Crippen LogP contribution in [0.1, 0.15) is 18.5 Å². The molecule has 1 atom stereocenters. The minimum Gasteiger partial charge on any atom is -0.460 e. The van der Waals surface area contributed by atoms with E-state index >= 15 is 0 Å². The van der Waals surface area contributed by atoms with Gasteiger partial charge in [0.2, 0.25) is 5.95 Å². The Morgan fingerprint density at radius 3 is 2.57 bits per heavy atom. The lowest BCUT2D eigenvalue weighted by atomic mass is 9.94. The molecule has 156 valence electrons. The van der Waals surface area contributed by atoms with E-state index < -0.39 is 0 Å². The highest BCUT2D eigenvalue weighted by Gasteiger charge is 2.34. The zero-order valence-corrected chi connectivity index (χ0v) is 17.7. The topological polar surface area (TPSA) is 68.6 Å². The Morgan fingerprint density at radius 2 is 1.87 bits per heavy atom. The molecule has 2 aromatic carbocycles. The minimum atomic E-state index is -0.359. The number of ether oxygens (including phenoxy) is 2. The van der Waals surface area contributed by atoms with E-state index in [0.717, 1.165) is 28.0 Å². The van der Waals surface area contributed by atoms with Crippen molar-refractivity contribution in [1.29, 1.82) is 0 Å². The molecule has 1 aromatic heterocycles.